The van der Waals surface area contributed by atoms with Crippen molar-refractivity contribution in [1.82, 2.24) is 20.2 Å². The molecule has 2 N–H and O–H groups in total. The SMILES string of the molecule is NCCCn1nnnc1Cc1ccccc1Br. The van der Waals surface area contributed by atoms with E-state index in [1.807, 2.05) is 22.9 Å². The Kier molecular flexibility index (Phi) is 4.22. The van der Waals surface area contributed by atoms with Crippen molar-refractivity contribution >= 4 is 15.9 Å². The minimum absolute atomic E-state index is 0.647. The number of halogens is 1. The van der Waals surface area contributed by atoms with Gasteiger partial charge < -0.3 is 5.73 Å². The van der Waals surface area contributed by atoms with Crippen LogP contribution in [0.1, 0.15) is 17.8 Å². The van der Waals surface area contributed by atoms with Crippen LogP contribution in [0.3, 0.4) is 0 Å². The molecule has 2 rings (SSSR count). The number of hydrogen-bond acceptors (Lipinski definition) is 4. The van der Waals surface area contributed by atoms with E-state index in [4.69, 9.17) is 5.73 Å². The predicted octanol–water partition coefficient (Wildman–Crippen LogP) is 1.38. The van der Waals surface area contributed by atoms with Gasteiger partial charge in [0.1, 0.15) is 0 Å². The number of nitrogens with two attached hydrogens (primary N) is 1. The van der Waals surface area contributed by atoms with Crippen molar-refractivity contribution in [3.8, 4) is 0 Å². The Morgan fingerprint density at radius 1 is 1.29 bits per heavy atom. The first-order chi connectivity index (χ1) is 8.31. The molecule has 0 aliphatic heterocycles. The summed E-state index contributed by atoms with van der Waals surface area (Å²) < 4.78 is 2.89. The maximum absolute atomic E-state index is 5.48. The fraction of sp³-hybridized carbons (Fsp3) is 0.364. The summed E-state index contributed by atoms with van der Waals surface area (Å²) in [6, 6.07) is 8.08. The lowest BCUT2D eigenvalue weighted by atomic mass is 10.1. The monoisotopic (exact) mass is 295 g/mol. The second-order valence-corrected chi connectivity index (χ2v) is 4.58. The summed E-state index contributed by atoms with van der Waals surface area (Å²) in [5.74, 6) is 0.866. The minimum atomic E-state index is 0.647. The Labute approximate surface area is 108 Å². The minimum Gasteiger partial charge on any atom is -0.330 e. The average Bonchev–Trinajstić information content (AvgIpc) is 2.77. The van der Waals surface area contributed by atoms with Crippen molar-refractivity contribution in [2.45, 2.75) is 19.4 Å². The average molecular weight is 296 g/mol. The molecule has 0 unspecified atom stereocenters. The molecule has 0 aliphatic rings. The fourth-order valence-electron chi connectivity index (χ4n) is 1.58. The Morgan fingerprint density at radius 2 is 2.12 bits per heavy atom. The fourth-order valence-corrected chi connectivity index (χ4v) is 2.00. The van der Waals surface area contributed by atoms with Gasteiger partial charge in [0.2, 0.25) is 0 Å². The first kappa shape index (κ1) is 12.2. The van der Waals surface area contributed by atoms with Crippen LogP contribution in [0.5, 0.6) is 0 Å². The van der Waals surface area contributed by atoms with E-state index in [9.17, 15) is 0 Å². The molecule has 0 radical (unpaired) electrons. The zero-order valence-electron chi connectivity index (χ0n) is 9.38. The lowest BCUT2D eigenvalue weighted by Gasteiger charge is -2.05. The van der Waals surface area contributed by atoms with Gasteiger partial charge >= 0.3 is 0 Å². The van der Waals surface area contributed by atoms with Crippen molar-refractivity contribution in [2.75, 3.05) is 6.54 Å². The standard InChI is InChI=1S/C11H14BrN5/c12-10-5-2-1-4-9(10)8-11-14-15-16-17(11)7-3-6-13/h1-2,4-5H,3,6-8,13H2. The lowest BCUT2D eigenvalue weighted by Crippen LogP contribution is -2.10. The molecule has 5 nitrogen and oxygen atoms in total. The summed E-state index contributed by atoms with van der Waals surface area (Å²) in [6.07, 6.45) is 1.60. The molecule has 0 atom stereocenters. The Morgan fingerprint density at radius 3 is 2.88 bits per heavy atom. The highest BCUT2D eigenvalue weighted by molar-refractivity contribution is 9.10. The molecule has 0 saturated carbocycles. The van der Waals surface area contributed by atoms with Crippen molar-refractivity contribution in [1.29, 1.82) is 0 Å². The van der Waals surface area contributed by atoms with E-state index in [0.717, 1.165) is 29.7 Å². The lowest BCUT2D eigenvalue weighted by molar-refractivity contribution is 0.547. The molecule has 1 aromatic carbocycles. The molecular weight excluding hydrogens is 282 g/mol. The number of nitrogens with zero attached hydrogens (tertiary/aromatic N) is 4. The number of hydrogen-bond donors (Lipinski definition) is 1. The van der Waals surface area contributed by atoms with Crippen LogP contribution in [0.4, 0.5) is 0 Å². The second-order valence-electron chi connectivity index (χ2n) is 3.73. The van der Waals surface area contributed by atoms with Crippen molar-refractivity contribution in [3.63, 3.8) is 0 Å². The molecule has 0 bridgehead atoms. The van der Waals surface area contributed by atoms with E-state index in [2.05, 4.69) is 37.5 Å². The normalized spacial score (nSPS) is 10.7. The van der Waals surface area contributed by atoms with E-state index in [-0.39, 0.29) is 0 Å². The first-order valence-corrected chi connectivity index (χ1v) is 6.29. The van der Waals surface area contributed by atoms with Crippen molar-refractivity contribution < 1.29 is 0 Å². The smallest absolute Gasteiger partial charge is 0.155 e. The molecule has 1 heterocycles. The van der Waals surface area contributed by atoms with Gasteiger partial charge in [-0.15, -0.1) is 5.10 Å². The van der Waals surface area contributed by atoms with Crippen LogP contribution in [0.15, 0.2) is 28.7 Å². The molecular formula is C11H14BrN5. The van der Waals surface area contributed by atoms with Gasteiger partial charge in [-0.25, -0.2) is 4.68 Å². The zero-order valence-corrected chi connectivity index (χ0v) is 11.0. The van der Waals surface area contributed by atoms with Gasteiger partial charge in [-0.3, -0.25) is 0 Å². The largest absolute Gasteiger partial charge is 0.330 e. The molecule has 17 heavy (non-hydrogen) atoms. The van der Waals surface area contributed by atoms with Gasteiger partial charge in [0.25, 0.3) is 0 Å². The first-order valence-electron chi connectivity index (χ1n) is 5.50. The van der Waals surface area contributed by atoms with Crippen molar-refractivity contribution in [2.24, 2.45) is 5.73 Å². The van der Waals surface area contributed by atoms with Crippen LogP contribution in [-0.4, -0.2) is 26.8 Å². The van der Waals surface area contributed by atoms with E-state index in [0.29, 0.717) is 6.54 Å². The Hall–Kier alpha value is -1.27. The molecule has 0 spiro atoms. The third kappa shape index (κ3) is 3.10. The molecule has 6 heteroatoms. The van der Waals surface area contributed by atoms with Crippen LogP contribution in [-0.2, 0) is 13.0 Å². The van der Waals surface area contributed by atoms with Crippen LogP contribution in [0.25, 0.3) is 0 Å². The van der Waals surface area contributed by atoms with Gasteiger partial charge in [-0.1, -0.05) is 34.1 Å². The van der Waals surface area contributed by atoms with E-state index in [1.165, 1.54) is 5.56 Å². The van der Waals surface area contributed by atoms with E-state index in [1.54, 1.807) is 0 Å². The van der Waals surface area contributed by atoms with Gasteiger partial charge in [0.05, 0.1) is 0 Å². The highest BCUT2D eigenvalue weighted by Gasteiger charge is 2.08. The van der Waals surface area contributed by atoms with E-state index < -0.39 is 0 Å². The van der Waals surface area contributed by atoms with Crippen LogP contribution < -0.4 is 5.73 Å². The van der Waals surface area contributed by atoms with Crippen LogP contribution in [0.2, 0.25) is 0 Å². The summed E-state index contributed by atoms with van der Waals surface area (Å²) in [7, 11) is 0. The van der Waals surface area contributed by atoms with Gasteiger partial charge in [-0.2, -0.15) is 0 Å². The van der Waals surface area contributed by atoms with Gasteiger partial charge in [0.15, 0.2) is 5.82 Å². The third-order valence-corrected chi connectivity index (χ3v) is 3.26. The molecule has 0 amide bonds. The van der Waals surface area contributed by atoms with Gasteiger partial charge in [-0.05, 0) is 35.0 Å². The summed E-state index contributed by atoms with van der Waals surface area (Å²) in [4.78, 5) is 0. The number of benzene rings is 1. The number of rotatable bonds is 5. The Balaban J connectivity index is 2.13. The highest BCUT2D eigenvalue weighted by atomic mass is 79.9. The maximum Gasteiger partial charge on any atom is 0.155 e. The van der Waals surface area contributed by atoms with Crippen molar-refractivity contribution in [3.05, 3.63) is 40.1 Å². The molecule has 0 fully saturated rings. The quantitative estimate of drug-likeness (QED) is 0.905. The predicted molar refractivity (Wildman–Crippen MR) is 68.4 cm³/mol. The summed E-state index contributed by atoms with van der Waals surface area (Å²) >= 11 is 3.52. The zero-order chi connectivity index (χ0) is 12.1. The number of tetrazole rings is 1. The van der Waals surface area contributed by atoms with Crippen LogP contribution in [0, 0.1) is 0 Å². The molecule has 1 aromatic heterocycles. The summed E-state index contributed by atoms with van der Waals surface area (Å²) in [6.45, 7) is 1.41. The third-order valence-electron chi connectivity index (χ3n) is 2.49. The second kappa shape index (κ2) is 5.88. The molecule has 90 valence electrons. The number of aromatic nitrogens is 4. The molecule has 0 saturated heterocycles. The van der Waals surface area contributed by atoms with Crippen LogP contribution >= 0.6 is 15.9 Å². The topological polar surface area (TPSA) is 69.6 Å². The maximum atomic E-state index is 5.48. The summed E-state index contributed by atoms with van der Waals surface area (Å²) in [5, 5.41) is 11.7. The summed E-state index contributed by atoms with van der Waals surface area (Å²) in [5.41, 5.74) is 6.66. The molecule has 2 aromatic rings. The molecule has 0 aliphatic carbocycles. The highest BCUT2D eigenvalue weighted by Crippen LogP contribution is 2.18. The Bertz CT molecular complexity index is 482. The van der Waals surface area contributed by atoms with E-state index >= 15 is 0 Å². The number of aryl methyl sites for hydroxylation is 1. The van der Waals surface area contributed by atoms with Gasteiger partial charge in [0, 0.05) is 17.4 Å².